The molecule has 1 heteroatoms. The second-order valence-corrected chi connectivity index (χ2v) is 5.27. The molecule has 0 N–H and O–H groups in total. The Morgan fingerprint density at radius 1 is 1.20 bits per heavy atom. The lowest BCUT2D eigenvalue weighted by Crippen LogP contribution is -2.26. The number of aryl methyl sites for hydroxylation is 1. The number of ketones is 1. The van der Waals surface area contributed by atoms with E-state index in [4.69, 9.17) is 0 Å². The van der Waals surface area contributed by atoms with E-state index < -0.39 is 0 Å². The molecule has 82 valence electrons. The van der Waals surface area contributed by atoms with Gasteiger partial charge in [0.25, 0.3) is 0 Å². The molecule has 1 atom stereocenters. The van der Waals surface area contributed by atoms with Crippen molar-refractivity contribution in [1.29, 1.82) is 0 Å². The maximum absolute atomic E-state index is 12.2. The van der Waals surface area contributed by atoms with Crippen LogP contribution in [0.25, 0.3) is 0 Å². The van der Waals surface area contributed by atoms with Gasteiger partial charge in [-0.15, -0.1) is 0 Å². The van der Waals surface area contributed by atoms with E-state index in [2.05, 4.69) is 20.8 Å². The summed E-state index contributed by atoms with van der Waals surface area (Å²) in [6.45, 7) is 10.3. The minimum Gasteiger partial charge on any atom is -0.294 e. The summed E-state index contributed by atoms with van der Waals surface area (Å²) in [5, 5.41) is 0. The maximum Gasteiger partial charge on any atom is 0.166 e. The second-order valence-electron chi connectivity index (χ2n) is 5.27. The zero-order chi connectivity index (χ0) is 11.6. The first-order valence-electron chi connectivity index (χ1n) is 5.44. The van der Waals surface area contributed by atoms with Gasteiger partial charge >= 0.3 is 0 Å². The Bertz CT molecular complexity index is 358. The zero-order valence-corrected chi connectivity index (χ0v) is 10.3. The van der Waals surface area contributed by atoms with Gasteiger partial charge < -0.3 is 0 Å². The largest absolute Gasteiger partial charge is 0.294 e. The van der Waals surface area contributed by atoms with Crippen LogP contribution in [0, 0.1) is 18.3 Å². The van der Waals surface area contributed by atoms with Crippen LogP contribution in [0.15, 0.2) is 24.3 Å². The van der Waals surface area contributed by atoms with Gasteiger partial charge in [-0.3, -0.25) is 4.79 Å². The summed E-state index contributed by atoms with van der Waals surface area (Å²) in [6, 6.07) is 7.80. The number of carbonyl (C=O) groups excluding carboxylic acids is 1. The normalized spacial score (nSPS) is 13.7. The van der Waals surface area contributed by atoms with Gasteiger partial charge in [0.2, 0.25) is 0 Å². The topological polar surface area (TPSA) is 17.1 Å². The van der Waals surface area contributed by atoms with E-state index in [1.165, 1.54) is 0 Å². The summed E-state index contributed by atoms with van der Waals surface area (Å²) >= 11 is 0. The smallest absolute Gasteiger partial charge is 0.166 e. The van der Waals surface area contributed by atoms with Gasteiger partial charge in [-0.1, -0.05) is 52.0 Å². The molecule has 1 unspecified atom stereocenters. The lowest BCUT2D eigenvalue weighted by molar-refractivity contribution is 0.0839. The lowest BCUT2D eigenvalue weighted by Gasteiger charge is -2.26. The Morgan fingerprint density at radius 2 is 1.73 bits per heavy atom. The Hall–Kier alpha value is -1.11. The molecular weight excluding hydrogens is 184 g/mol. The average molecular weight is 204 g/mol. The third-order valence-electron chi connectivity index (χ3n) is 3.10. The number of rotatable bonds is 2. The summed E-state index contributed by atoms with van der Waals surface area (Å²) in [7, 11) is 0. The fraction of sp³-hybridized carbons (Fsp3) is 0.500. The molecule has 1 nitrogen and oxygen atoms in total. The van der Waals surface area contributed by atoms with Gasteiger partial charge in [0, 0.05) is 11.5 Å². The standard InChI is InChI=1S/C14H20O/c1-10-8-6-7-9-12(10)13(15)11(2)14(3,4)5/h6-9,11H,1-5H3. The lowest BCUT2D eigenvalue weighted by atomic mass is 9.77. The molecule has 0 amide bonds. The van der Waals surface area contributed by atoms with Crippen molar-refractivity contribution >= 4 is 5.78 Å². The molecule has 0 bridgehead atoms. The first kappa shape index (κ1) is 12.0. The first-order valence-corrected chi connectivity index (χ1v) is 5.44. The van der Waals surface area contributed by atoms with Crippen LogP contribution >= 0.6 is 0 Å². The van der Waals surface area contributed by atoms with Crippen molar-refractivity contribution in [3.63, 3.8) is 0 Å². The number of benzene rings is 1. The van der Waals surface area contributed by atoms with E-state index in [9.17, 15) is 4.79 Å². The third kappa shape index (κ3) is 2.68. The van der Waals surface area contributed by atoms with E-state index >= 15 is 0 Å². The van der Waals surface area contributed by atoms with Crippen LogP contribution in [0.1, 0.15) is 43.6 Å². The van der Waals surface area contributed by atoms with Crippen LogP contribution in [-0.2, 0) is 0 Å². The van der Waals surface area contributed by atoms with Gasteiger partial charge in [-0.05, 0) is 17.9 Å². The fourth-order valence-electron chi connectivity index (χ4n) is 1.48. The summed E-state index contributed by atoms with van der Waals surface area (Å²) in [5.41, 5.74) is 1.96. The van der Waals surface area contributed by atoms with E-state index in [0.29, 0.717) is 0 Å². The highest BCUT2D eigenvalue weighted by atomic mass is 16.1. The van der Waals surface area contributed by atoms with Gasteiger partial charge in [0.05, 0.1) is 0 Å². The highest BCUT2D eigenvalue weighted by Gasteiger charge is 2.27. The van der Waals surface area contributed by atoms with Crippen LogP contribution in [-0.4, -0.2) is 5.78 Å². The maximum atomic E-state index is 12.2. The van der Waals surface area contributed by atoms with E-state index in [1.807, 2.05) is 38.1 Å². The minimum atomic E-state index is 0.0271. The number of hydrogen-bond donors (Lipinski definition) is 0. The van der Waals surface area contributed by atoms with Crippen LogP contribution < -0.4 is 0 Å². The molecule has 0 saturated carbocycles. The second kappa shape index (κ2) is 4.18. The van der Waals surface area contributed by atoms with Crippen molar-refractivity contribution in [2.75, 3.05) is 0 Å². The minimum absolute atomic E-state index is 0.0271. The van der Waals surface area contributed by atoms with E-state index in [1.54, 1.807) is 0 Å². The summed E-state index contributed by atoms with van der Waals surface area (Å²) in [6.07, 6.45) is 0. The highest BCUT2D eigenvalue weighted by molar-refractivity contribution is 5.99. The molecule has 1 aromatic carbocycles. The molecule has 1 rings (SSSR count). The molecule has 0 heterocycles. The molecule has 15 heavy (non-hydrogen) atoms. The highest BCUT2D eigenvalue weighted by Crippen LogP contribution is 2.29. The number of carbonyl (C=O) groups is 1. The van der Waals surface area contributed by atoms with Crippen molar-refractivity contribution in [1.82, 2.24) is 0 Å². The molecular formula is C14H20O. The molecule has 0 aromatic heterocycles. The van der Waals surface area contributed by atoms with E-state index in [0.717, 1.165) is 11.1 Å². The summed E-state index contributed by atoms with van der Waals surface area (Å²) in [5.74, 6) is 0.305. The predicted molar refractivity (Wildman–Crippen MR) is 64.1 cm³/mol. The van der Waals surface area contributed by atoms with Crippen molar-refractivity contribution in [2.24, 2.45) is 11.3 Å². The molecule has 0 aliphatic heterocycles. The number of hydrogen-bond acceptors (Lipinski definition) is 1. The third-order valence-corrected chi connectivity index (χ3v) is 3.10. The Labute approximate surface area is 92.5 Å². The van der Waals surface area contributed by atoms with Gasteiger partial charge in [-0.2, -0.15) is 0 Å². The molecule has 0 aliphatic rings. The van der Waals surface area contributed by atoms with Crippen molar-refractivity contribution in [2.45, 2.75) is 34.6 Å². The number of Topliss-reactive ketones (excluding diaryl/α,β-unsaturated/α-hetero) is 1. The SMILES string of the molecule is Cc1ccccc1C(=O)C(C)C(C)(C)C. The molecule has 1 aromatic rings. The molecule has 0 radical (unpaired) electrons. The van der Waals surface area contributed by atoms with Gasteiger partial charge in [0.15, 0.2) is 5.78 Å². The van der Waals surface area contributed by atoms with Crippen molar-refractivity contribution < 1.29 is 4.79 Å². The monoisotopic (exact) mass is 204 g/mol. The predicted octanol–water partition coefficient (Wildman–Crippen LogP) is 3.86. The molecule has 0 spiro atoms. The quantitative estimate of drug-likeness (QED) is 0.668. The zero-order valence-electron chi connectivity index (χ0n) is 10.3. The van der Waals surface area contributed by atoms with Crippen molar-refractivity contribution in [3.8, 4) is 0 Å². The Balaban J connectivity index is 3.01. The molecule has 0 aliphatic carbocycles. The van der Waals surface area contributed by atoms with E-state index in [-0.39, 0.29) is 17.1 Å². The van der Waals surface area contributed by atoms with Crippen LogP contribution in [0.3, 0.4) is 0 Å². The van der Waals surface area contributed by atoms with Crippen LogP contribution in [0.4, 0.5) is 0 Å². The van der Waals surface area contributed by atoms with Crippen molar-refractivity contribution in [3.05, 3.63) is 35.4 Å². The van der Waals surface area contributed by atoms with Gasteiger partial charge in [-0.25, -0.2) is 0 Å². The Kier molecular flexibility index (Phi) is 3.33. The van der Waals surface area contributed by atoms with Gasteiger partial charge in [0.1, 0.15) is 0 Å². The molecule has 0 saturated heterocycles. The summed E-state index contributed by atoms with van der Waals surface area (Å²) < 4.78 is 0. The Morgan fingerprint density at radius 3 is 2.20 bits per heavy atom. The molecule has 0 fully saturated rings. The fourth-order valence-corrected chi connectivity index (χ4v) is 1.48. The van der Waals surface area contributed by atoms with Crippen LogP contribution in [0.2, 0.25) is 0 Å². The average Bonchev–Trinajstić information content (AvgIpc) is 2.15. The summed E-state index contributed by atoms with van der Waals surface area (Å²) in [4.78, 5) is 12.2. The van der Waals surface area contributed by atoms with Crippen LogP contribution in [0.5, 0.6) is 0 Å². The first-order chi connectivity index (χ1) is 6.84.